The lowest BCUT2D eigenvalue weighted by atomic mass is 9.95. The zero-order valence-corrected chi connectivity index (χ0v) is 19.8. The Balaban J connectivity index is 1.46. The van der Waals surface area contributed by atoms with Gasteiger partial charge in [-0.25, -0.2) is 18.3 Å². The fourth-order valence-corrected chi connectivity index (χ4v) is 4.57. The minimum Gasteiger partial charge on any atom is -0.323 e. The Morgan fingerprint density at radius 3 is 2.42 bits per heavy atom. The Labute approximate surface area is 215 Å². The van der Waals surface area contributed by atoms with Gasteiger partial charge in [-0.05, 0) is 30.3 Å². The number of aliphatic imine (C=N–C) groups is 1. The number of amides is 1. The minimum atomic E-state index is -1.33. The Kier molecular flexibility index (Phi) is 5.80. The van der Waals surface area contributed by atoms with E-state index in [1.807, 2.05) is 18.2 Å². The minimum absolute atomic E-state index is 0.0529. The summed E-state index contributed by atoms with van der Waals surface area (Å²) in [4.78, 5) is 36.0. The summed E-state index contributed by atoms with van der Waals surface area (Å²) in [5.74, 6) is -2.31. The van der Waals surface area contributed by atoms with Gasteiger partial charge in [0, 0.05) is 34.9 Å². The Morgan fingerprint density at radius 1 is 0.868 bits per heavy atom. The Hall–Kier alpha value is -5.05. The van der Waals surface area contributed by atoms with Crippen LogP contribution in [-0.2, 0) is 11.2 Å². The fourth-order valence-electron chi connectivity index (χ4n) is 4.57. The number of benzene rings is 3. The van der Waals surface area contributed by atoms with Crippen LogP contribution in [0.1, 0.15) is 27.2 Å². The molecule has 0 saturated carbocycles. The van der Waals surface area contributed by atoms with Gasteiger partial charge in [0.25, 0.3) is 5.91 Å². The first-order chi connectivity index (χ1) is 18.5. The van der Waals surface area contributed by atoms with Crippen LogP contribution in [0.25, 0.3) is 16.9 Å². The highest BCUT2D eigenvalue weighted by Crippen LogP contribution is 2.27. The van der Waals surface area contributed by atoms with Crippen LogP contribution >= 0.6 is 0 Å². The van der Waals surface area contributed by atoms with Crippen LogP contribution in [0.4, 0.5) is 8.78 Å². The molecule has 2 aromatic heterocycles. The van der Waals surface area contributed by atoms with E-state index in [2.05, 4.69) is 20.4 Å². The molecule has 0 aliphatic carbocycles. The number of ketones is 1. The third-order valence-corrected chi connectivity index (χ3v) is 6.34. The lowest BCUT2D eigenvalue weighted by Gasteiger charge is -2.14. The van der Waals surface area contributed by atoms with Crippen molar-refractivity contribution in [2.24, 2.45) is 4.99 Å². The summed E-state index contributed by atoms with van der Waals surface area (Å²) >= 11 is 0. The van der Waals surface area contributed by atoms with Gasteiger partial charge >= 0.3 is 0 Å². The zero-order chi connectivity index (χ0) is 26.2. The van der Waals surface area contributed by atoms with Crippen LogP contribution in [0.2, 0.25) is 0 Å². The monoisotopic (exact) mass is 507 g/mol. The van der Waals surface area contributed by atoms with Crippen LogP contribution in [0.15, 0.2) is 96.1 Å². The lowest BCUT2D eigenvalue weighted by Crippen LogP contribution is -2.41. The maximum Gasteiger partial charge on any atom is 0.274 e. The first kappa shape index (κ1) is 23.4. The van der Waals surface area contributed by atoms with E-state index in [1.165, 1.54) is 35.0 Å². The van der Waals surface area contributed by atoms with Crippen molar-refractivity contribution < 1.29 is 18.4 Å². The van der Waals surface area contributed by atoms with Crippen LogP contribution in [-0.4, -0.2) is 38.2 Å². The average Bonchev–Trinajstić information content (AvgIpc) is 3.25. The highest BCUT2D eigenvalue weighted by molar-refractivity contribution is 6.16. The maximum absolute atomic E-state index is 14.8. The van der Waals surface area contributed by atoms with E-state index < -0.39 is 29.5 Å². The fraction of sp³-hybridized carbons (Fsp3) is 0.0690. The summed E-state index contributed by atoms with van der Waals surface area (Å²) in [6, 6.07) is 22.8. The molecule has 0 saturated heterocycles. The van der Waals surface area contributed by atoms with Gasteiger partial charge in [-0.1, -0.05) is 54.6 Å². The molecule has 3 heterocycles. The van der Waals surface area contributed by atoms with Gasteiger partial charge in [-0.2, -0.15) is 5.10 Å². The zero-order valence-electron chi connectivity index (χ0n) is 19.8. The summed E-state index contributed by atoms with van der Waals surface area (Å²) in [5.41, 5.74) is 2.18. The number of hydrogen-bond acceptors (Lipinski definition) is 5. The molecule has 1 N–H and O–H groups in total. The number of Topliss-reactive ketones (excluding diaryl/α,β-unsaturated/α-hetero) is 1. The van der Waals surface area contributed by atoms with Crippen molar-refractivity contribution in [3.63, 3.8) is 0 Å². The molecule has 1 aliphatic heterocycles. The van der Waals surface area contributed by atoms with Crippen molar-refractivity contribution in [3.05, 3.63) is 125 Å². The van der Waals surface area contributed by atoms with Crippen molar-refractivity contribution >= 4 is 23.0 Å². The van der Waals surface area contributed by atoms with E-state index in [0.29, 0.717) is 22.5 Å². The summed E-state index contributed by atoms with van der Waals surface area (Å²) in [7, 11) is 0. The number of carbonyl (C=O) groups is 2. The van der Waals surface area contributed by atoms with Gasteiger partial charge in [-0.3, -0.25) is 14.6 Å². The van der Waals surface area contributed by atoms with Gasteiger partial charge in [-0.15, -0.1) is 0 Å². The number of nitrogens with one attached hydrogen (secondary N) is 1. The number of carbonyl (C=O) groups excluding carboxylic acids is 2. The van der Waals surface area contributed by atoms with E-state index in [4.69, 9.17) is 0 Å². The second-order valence-corrected chi connectivity index (χ2v) is 8.71. The van der Waals surface area contributed by atoms with Gasteiger partial charge in [0.05, 0.1) is 5.71 Å². The van der Waals surface area contributed by atoms with Crippen molar-refractivity contribution in [2.75, 3.05) is 0 Å². The average molecular weight is 508 g/mol. The summed E-state index contributed by atoms with van der Waals surface area (Å²) in [6.45, 7) is 0. The van der Waals surface area contributed by atoms with Crippen molar-refractivity contribution in [3.8, 4) is 11.3 Å². The molecule has 186 valence electrons. The normalized spacial score (nSPS) is 15.1. The second kappa shape index (κ2) is 9.44. The standard InChI is InChI=1S/C29H19F2N5O2/c30-21-12-5-4-10-19(21)26-27(36-24(33-26)14-7-15-32-36)29(38)35-28-23(37)16-20-18(11-6-13-22(20)31)25(34-28)17-8-2-1-3-9-17/h1-15,28H,16H2,(H,35,38)/t28-/m1/s1. The highest BCUT2D eigenvalue weighted by Gasteiger charge is 2.31. The number of fused-ring (bicyclic) bond motifs is 2. The maximum atomic E-state index is 14.8. The largest absolute Gasteiger partial charge is 0.323 e. The van der Waals surface area contributed by atoms with E-state index in [1.54, 1.807) is 42.5 Å². The van der Waals surface area contributed by atoms with E-state index in [-0.39, 0.29) is 28.9 Å². The molecule has 1 aliphatic rings. The number of hydrogen-bond donors (Lipinski definition) is 1. The van der Waals surface area contributed by atoms with Crippen molar-refractivity contribution in [1.82, 2.24) is 19.9 Å². The van der Waals surface area contributed by atoms with Gasteiger partial charge in [0.15, 0.2) is 23.3 Å². The third-order valence-electron chi connectivity index (χ3n) is 6.34. The number of nitrogens with zero attached hydrogens (tertiary/aromatic N) is 4. The lowest BCUT2D eigenvalue weighted by molar-refractivity contribution is -0.120. The summed E-state index contributed by atoms with van der Waals surface area (Å²) < 4.78 is 30.9. The molecular weight excluding hydrogens is 488 g/mol. The first-order valence-electron chi connectivity index (χ1n) is 11.8. The van der Waals surface area contributed by atoms with Crippen LogP contribution < -0.4 is 5.32 Å². The molecule has 9 heteroatoms. The smallest absolute Gasteiger partial charge is 0.274 e. The molecule has 0 unspecified atom stereocenters. The molecule has 6 rings (SSSR count). The number of halogens is 2. The van der Waals surface area contributed by atoms with Crippen molar-refractivity contribution in [2.45, 2.75) is 12.6 Å². The molecule has 0 fully saturated rings. The molecule has 1 atom stereocenters. The Morgan fingerprint density at radius 2 is 1.61 bits per heavy atom. The van der Waals surface area contributed by atoms with E-state index in [9.17, 15) is 18.4 Å². The number of imidazole rings is 1. The van der Waals surface area contributed by atoms with Crippen LogP contribution in [0, 0.1) is 11.6 Å². The molecule has 0 bridgehead atoms. The van der Waals surface area contributed by atoms with E-state index >= 15 is 0 Å². The number of rotatable bonds is 4. The van der Waals surface area contributed by atoms with Crippen LogP contribution in [0.5, 0.6) is 0 Å². The summed E-state index contributed by atoms with van der Waals surface area (Å²) in [5, 5.41) is 6.88. The van der Waals surface area contributed by atoms with Gasteiger partial charge < -0.3 is 5.32 Å². The van der Waals surface area contributed by atoms with Gasteiger partial charge in [0.1, 0.15) is 17.3 Å². The second-order valence-electron chi connectivity index (χ2n) is 8.71. The predicted molar refractivity (Wildman–Crippen MR) is 137 cm³/mol. The molecule has 1 amide bonds. The number of aromatic nitrogens is 3. The van der Waals surface area contributed by atoms with Crippen LogP contribution in [0.3, 0.4) is 0 Å². The molecule has 38 heavy (non-hydrogen) atoms. The molecule has 3 aromatic carbocycles. The topological polar surface area (TPSA) is 88.7 Å². The molecule has 5 aromatic rings. The SMILES string of the molecule is O=C(N[C@H]1N=C(c2ccccc2)c2cccc(F)c2CC1=O)c1c(-c2ccccc2F)nc2cccnn12. The predicted octanol–water partition coefficient (Wildman–Crippen LogP) is 4.39. The quantitative estimate of drug-likeness (QED) is 0.391. The third kappa shape index (κ3) is 4.03. The Bertz CT molecular complexity index is 1750. The van der Waals surface area contributed by atoms with E-state index in [0.717, 1.165) is 0 Å². The molecule has 0 spiro atoms. The van der Waals surface area contributed by atoms with Gasteiger partial charge in [0.2, 0.25) is 0 Å². The van der Waals surface area contributed by atoms with Crippen molar-refractivity contribution in [1.29, 1.82) is 0 Å². The summed E-state index contributed by atoms with van der Waals surface area (Å²) in [6.07, 6.45) is -0.121. The molecular formula is C29H19F2N5O2. The highest BCUT2D eigenvalue weighted by atomic mass is 19.1. The molecule has 0 radical (unpaired) electrons. The molecule has 7 nitrogen and oxygen atoms in total. The first-order valence-corrected chi connectivity index (χ1v) is 11.8.